The lowest BCUT2D eigenvalue weighted by Crippen LogP contribution is -2.39. The molecule has 2 N–H and O–H groups in total. The molecule has 0 bridgehead atoms. The minimum Gasteiger partial charge on any atom is -0.399 e. The molecule has 1 heterocycles. The first-order valence-corrected chi connectivity index (χ1v) is 5.32. The average molecular weight is 225 g/mol. The summed E-state index contributed by atoms with van der Waals surface area (Å²) in [6.07, 6.45) is -0.173. The fourth-order valence-electron chi connectivity index (χ4n) is 1.99. The van der Waals surface area contributed by atoms with Gasteiger partial charge in [0, 0.05) is 37.3 Å². The average Bonchev–Trinajstić information content (AvgIpc) is 2.19. The molecule has 2 rings (SSSR count). The van der Waals surface area contributed by atoms with Crippen molar-refractivity contribution in [3.63, 3.8) is 0 Å². The van der Waals surface area contributed by atoms with Gasteiger partial charge in [0.05, 0.1) is 0 Å². The van der Waals surface area contributed by atoms with E-state index in [1.54, 1.807) is 12.1 Å². The van der Waals surface area contributed by atoms with Crippen LogP contribution in [0.15, 0.2) is 18.2 Å². The smallest absolute Gasteiger partial charge is 0.251 e. The van der Waals surface area contributed by atoms with Gasteiger partial charge in [0.2, 0.25) is 0 Å². The third-order valence-electron chi connectivity index (χ3n) is 2.94. The molecule has 1 radical (unpaired) electrons. The zero-order chi connectivity index (χ0) is 11.8. The van der Waals surface area contributed by atoms with Gasteiger partial charge in [-0.25, -0.2) is 8.78 Å². The van der Waals surface area contributed by atoms with Crippen LogP contribution in [0.3, 0.4) is 0 Å². The van der Waals surface area contributed by atoms with Crippen LogP contribution in [0, 0.1) is 6.92 Å². The number of nitrogen functional groups attached to an aromatic ring is 1. The molecule has 0 spiro atoms. The molecule has 1 aliphatic rings. The van der Waals surface area contributed by atoms with Gasteiger partial charge in [-0.15, -0.1) is 0 Å². The van der Waals surface area contributed by atoms with Crippen LogP contribution in [-0.4, -0.2) is 19.0 Å². The van der Waals surface area contributed by atoms with E-state index < -0.39 is 5.92 Å². The SMILES string of the molecule is [CH2]c1cc(N)ccc1N1CCC(F)(F)CC1. The summed E-state index contributed by atoms with van der Waals surface area (Å²) in [5.74, 6) is -2.51. The van der Waals surface area contributed by atoms with Crippen LogP contribution in [-0.2, 0) is 0 Å². The van der Waals surface area contributed by atoms with Crippen molar-refractivity contribution in [3.05, 3.63) is 30.7 Å². The number of piperidine rings is 1. The van der Waals surface area contributed by atoms with Crippen molar-refractivity contribution >= 4 is 11.4 Å². The van der Waals surface area contributed by atoms with Crippen molar-refractivity contribution < 1.29 is 8.78 Å². The van der Waals surface area contributed by atoms with Gasteiger partial charge in [0.15, 0.2) is 0 Å². The summed E-state index contributed by atoms with van der Waals surface area (Å²) >= 11 is 0. The van der Waals surface area contributed by atoms with Crippen molar-refractivity contribution in [3.8, 4) is 0 Å². The van der Waals surface area contributed by atoms with E-state index in [0.717, 1.165) is 11.3 Å². The Kier molecular flexibility index (Phi) is 2.74. The molecule has 0 saturated carbocycles. The Morgan fingerprint density at radius 1 is 1.25 bits per heavy atom. The third-order valence-corrected chi connectivity index (χ3v) is 2.94. The summed E-state index contributed by atoms with van der Waals surface area (Å²) in [5.41, 5.74) is 7.97. The number of alkyl halides is 2. The van der Waals surface area contributed by atoms with Gasteiger partial charge >= 0.3 is 0 Å². The highest BCUT2D eigenvalue weighted by atomic mass is 19.3. The zero-order valence-corrected chi connectivity index (χ0v) is 9.05. The number of rotatable bonds is 1. The van der Waals surface area contributed by atoms with Crippen LogP contribution in [0.1, 0.15) is 18.4 Å². The number of hydrogen-bond donors (Lipinski definition) is 1. The molecule has 2 nitrogen and oxygen atoms in total. The standard InChI is InChI=1S/C12H15F2N2/c1-9-8-10(15)2-3-11(9)16-6-4-12(13,14)5-7-16/h2-3,8H,1,4-7,15H2. The Morgan fingerprint density at radius 3 is 2.44 bits per heavy atom. The predicted octanol–water partition coefficient (Wildman–Crippen LogP) is 2.69. The number of anilines is 2. The Bertz CT molecular complexity index is 381. The highest BCUT2D eigenvalue weighted by Crippen LogP contribution is 2.32. The molecular formula is C12H15F2N2. The van der Waals surface area contributed by atoms with Crippen LogP contribution in [0.5, 0.6) is 0 Å². The summed E-state index contributed by atoms with van der Waals surface area (Å²) in [7, 11) is 0. The molecular weight excluding hydrogens is 210 g/mol. The van der Waals surface area contributed by atoms with Crippen molar-refractivity contribution in [1.29, 1.82) is 0 Å². The summed E-state index contributed by atoms with van der Waals surface area (Å²) < 4.78 is 26.0. The molecule has 0 amide bonds. The fourth-order valence-corrected chi connectivity index (χ4v) is 1.99. The van der Waals surface area contributed by atoms with Crippen LogP contribution >= 0.6 is 0 Å². The molecule has 1 fully saturated rings. The molecule has 0 unspecified atom stereocenters. The number of halogens is 2. The fraction of sp³-hybridized carbons (Fsp3) is 0.417. The monoisotopic (exact) mass is 225 g/mol. The van der Waals surface area contributed by atoms with E-state index in [4.69, 9.17) is 5.73 Å². The molecule has 1 aliphatic heterocycles. The minimum absolute atomic E-state index is 0.0865. The Hall–Kier alpha value is -1.32. The van der Waals surface area contributed by atoms with Gasteiger partial charge in [0.1, 0.15) is 0 Å². The molecule has 1 aromatic carbocycles. The van der Waals surface area contributed by atoms with E-state index in [2.05, 4.69) is 6.92 Å². The van der Waals surface area contributed by atoms with Crippen molar-refractivity contribution in [2.24, 2.45) is 0 Å². The van der Waals surface area contributed by atoms with Crippen LogP contribution in [0.2, 0.25) is 0 Å². The number of nitrogens with zero attached hydrogens (tertiary/aromatic N) is 1. The molecule has 1 saturated heterocycles. The predicted molar refractivity (Wildman–Crippen MR) is 61.7 cm³/mol. The van der Waals surface area contributed by atoms with Gasteiger partial charge in [-0.3, -0.25) is 0 Å². The van der Waals surface area contributed by atoms with Crippen LogP contribution in [0.4, 0.5) is 20.2 Å². The highest BCUT2D eigenvalue weighted by Gasteiger charge is 2.34. The summed E-state index contributed by atoms with van der Waals surface area (Å²) in [6.45, 7) is 4.63. The second kappa shape index (κ2) is 3.92. The Balaban J connectivity index is 2.14. The number of benzene rings is 1. The maximum Gasteiger partial charge on any atom is 0.251 e. The molecule has 0 aromatic heterocycles. The Labute approximate surface area is 94.0 Å². The first kappa shape index (κ1) is 11.2. The molecule has 0 atom stereocenters. The van der Waals surface area contributed by atoms with E-state index in [1.807, 2.05) is 11.0 Å². The van der Waals surface area contributed by atoms with E-state index in [0.29, 0.717) is 18.8 Å². The summed E-state index contributed by atoms with van der Waals surface area (Å²) in [4.78, 5) is 1.94. The lowest BCUT2D eigenvalue weighted by Gasteiger charge is -2.34. The Morgan fingerprint density at radius 2 is 1.88 bits per heavy atom. The zero-order valence-electron chi connectivity index (χ0n) is 9.05. The number of nitrogens with two attached hydrogens (primary N) is 1. The van der Waals surface area contributed by atoms with Crippen LogP contribution < -0.4 is 10.6 Å². The largest absolute Gasteiger partial charge is 0.399 e. The second-order valence-electron chi connectivity index (χ2n) is 4.23. The van der Waals surface area contributed by atoms with Gasteiger partial charge < -0.3 is 10.6 Å². The van der Waals surface area contributed by atoms with Crippen molar-refractivity contribution in [2.75, 3.05) is 23.7 Å². The maximum atomic E-state index is 13.0. The van der Waals surface area contributed by atoms with Gasteiger partial charge in [-0.1, -0.05) is 0 Å². The minimum atomic E-state index is -2.51. The van der Waals surface area contributed by atoms with Gasteiger partial charge in [-0.05, 0) is 30.7 Å². The quantitative estimate of drug-likeness (QED) is 0.744. The normalized spacial score (nSPS) is 19.8. The lowest BCUT2D eigenvalue weighted by atomic mass is 10.0. The van der Waals surface area contributed by atoms with Crippen molar-refractivity contribution in [1.82, 2.24) is 0 Å². The summed E-state index contributed by atoms with van der Waals surface area (Å²) in [6, 6.07) is 5.39. The van der Waals surface area contributed by atoms with E-state index in [-0.39, 0.29) is 12.8 Å². The first-order valence-electron chi connectivity index (χ1n) is 5.32. The highest BCUT2D eigenvalue weighted by molar-refractivity contribution is 5.61. The van der Waals surface area contributed by atoms with Crippen LogP contribution in [0.25, 0.3) is 0 Å². The van der Waals surface area contributed by atoms with E-state index in [9.17, 15) is 8.78 Å². The second-order valence-corrected chi connectivity index (χ2v) is 4.23. The molecule has 0 aliphatic carbocycles. The first-order chi connectivity index (χ1) is 7.48. The molecule has 16 heavy (non-hydrogen) atoms. The molecule has 87 valence electrons. The van der Waals surface area contributed by atoms with E-state index in [1.165, 1.54) is 0 Å². The van der Waals surface area contributed by atoms with Gasteiger partial charge in [0.25, 0.3) is 5.92 Å². The van der Waals surface area contributed by atoms with Crippen molar-refractivity contribution in [2.45, 2.75) is 18.8 Å². The lowest BCUT2D eigenvalue weighted by molar-refractivity contribution is -0.0220. The number of hydrogen-bond acceptors (Lipinski definition) is 2. The van der Waals surface area contributed by atoms with Gasteiger partial charge in [-0.2, -0.15) is 0 Å². The maximum absolute atomic E-state index is 13.0. The third kappa shape index (κ3) is 2.26. The van der Waals surface area contributed by atoms with E-state index >= 15 is 0 Å². The summed E-state index contributed by atoms with van der Waals surface area (Å²) in [5, 5.41) is 0. The molecule has 4 heteroatoms. The molecule has 1 aromatic rings. The topological polar surface area (TPSA) is 29.3 Å².